The molecule has 0 saturated carbocycles. The van der Waals surface area contributed by atoms with Crippen molar-refractivity contribution in [3.8, 4) is 11.3 Å². The van der Waals surface area contributed by atoms with Gasteiger partial charge in [-0.2, -0.15) is 0 Å². The second-order valence-corrected chi connectivity index (χ2v) is 6.35. The standard InChI is InChI=1S/C19H23N3O2/c1-14-8-10-22(13-18(14)23)19(24)21-12-15-5-4-6-16(11-15)17-7-2-3-9-20-17/h2-7,9,11,14,18,23H,8,10,12-13H2,1H3,(H,21,24). The maximum atomic E-state index is 12.3. The Kier molecular flexibility index (Phi) is 5.11. The summed E-state index contributed by atoms with van der Waals surface area (Å²) >= 11 is 0. The number of aliphatic hydroxyl groups is 1. The molecule has 1 aromatic heterocycles. The van der Waals surface area contributed by atoms with Crippen LogP contribution >= 0.6 is 0 Å². The Bertz CT molecular complexity index is 690. The topological polar surface area (TPSA) is 65.5 Å². The molecule has 2 atom stereocenters. The van der Waals surface area contributed by atoms with Crippen LogP contribution in [0.15, 0.2) is 48.7 Å². The summed E-state index contributed by atoms with van der Waals surface area (Å²) in [5, 5.41) is 12.9. The van der Waals surface area contributed by atoms with Crippen LogP contribution in [0.2, 0.25) is 0 Å². The van der Waals surface area contributed by atoms with Crippen LogP contribution in [0.4, 0.5) is 4.79 Å². The van der Waals surface area contributed by atoms with Gasteiger partial charge in [0.2, 0.25) is 0 Å². The number of carbonyl (C=O) groups is 1. The van der Waals surface area contributed by atoms with Crippen LogP contribution in [0.1, 0.15) is 18.9 Å². The molecule has 2 amide bonds. The average Bonchev–Trinajstić information content (AvgIpc) is 2.63. The Hall–Kier alpha value is -2.40. The number of piperidine rings is 1. The van der Waals surface area contributed by atoms with E-state index in [0.717, 1.165) is 23.2 Å². The summed E-state index contributed by atoms with van der Waals surface area (Å²) < 4.78 is 0. The number of nitrogens with one attached hydrogen (secondary N) is 1. The fourth-order valence-corrected chi connectivity index (χ4v) is 2.90. The maximum Gasteiger partial charge on any atom is 0.317 e. The van der Waals surface area contributed by atoms with Gasteiger partial charge in [-0.1, -0.05) is 31.2 Å². The third-order valence-corrected chi connectivity index (χ3v) is 4.54. The lowest BCUT2D eigenvalue weighted by molar-refractivity contribution is 0.0435. The molecule has 2 aromatic rings. The maximum absolute atomic E-state index is 12.3. The number of pyridine rings is 1. The van der Waals surface area contributed by atoms with Gasteiger partial charge in [-0.15, -0.1) is 0 Å². The summed E-state index contributed by atoms with van der Waals surface area (Å²) in [6, 6.07) is 13.7. The lowest BCUT2D eigenvalue weighted by Gasteiger charge is -2.34. The molecule has 0 radical (unpaired) electrons. The second-order valence-electron chi connectivity index (χ2n) is 6.35. The highest BCUT2D eigenvalue weighted by Crippen LogP contribution is 2.19. The third-order valence-electron chi connectivity index (χ3n) is 4.54. The Labute approximate surface area is 142 Å². The molecule has 3 rings (SSSR count). The van der Waals surface area contributed by atoms with E-state index in [9.17, 15) is 9.90 Å². The van der Waals surface area contributed by atoms with Gasteiger partial charge in [-0.25, -0.2) is 4.79 Å². The highest BCUT2D eigenvalue weighted by molar-refractivity contribution is 5.74. The molecule has 2 unspecified atom stereocenters. The van der Waals surface area contributed by atoms with E-state index in [0.29, 0.717) is 19.6 Å². The zero-order chi connectivity index (χ0) is 16.9. The molecule has 1 saturated heterocycles. The summed E-state index contributed by atoms with van der Waals surface area (Å²) in [5.74, 6) is 0.254. The number of carbonyl (C=O) groups excluding carboxylic acids is 1. The van der Waals surface area contributed by atoms with Crippen LogP contribution in [-0.2, 0) is 6.54 Å². The Balaban J connectivity index is 1.60. The van der Waals surface area contributed by atoms with Crippen molar-refractivity contribution in [1.29, 1.82) is 0 Å². The first-order valence-corrected chi connectivity index (χ1v) is 8.34. The number of rotatable bonds is 3. The van der Waals surface area contributed by atoms with Crippen molar-refractivity contribution in [3.05, 3.63) is 54.2 Å². The van der Waals surface area contributed by atoms with Crippen molar-refractivity contribution in [2.75, 3.05) is 13.1 Å². The van der Waals surface area contributed by atoms with Crippen molar-refractivity contribution < 1.29 is 9.90 Å². The molecule has 0 bridgehead atoms. The van der Waals surface area contributed by atoms with Gasteiger partial charge in [0.25, 0.3) is 0 Å². The van der Waals surface area contributed by atoms with Crippen LogP contribution in [0, 0.1) is 5.92 Å². The van der Waals surface area contributed by atoms with Crippen molar-refractivity contribution in [1.82, 2.24) is 15.2 Å². The molecule has 0 aliphatic carbocycles. The van der Waals surface area contributed by atoms with Gasteiger partial charge in [-0.3, -0.25) is 4.98 Å². The van der Waals surface area contributed by atoms with Crippen molar-refractivity contribution >= 4 is 6.03 Å². The molecule has 24 heavy (non-hydrogen) atoms. The summed E-state index contributed by atoms with van der Waals surface area (Å²) in [4.78, 5) is 18.3. The molecule has 1 aliphatic heterocycles. The lowest BCUT2D eigenvalue weighted by Crippen LogP contribution is -2.49. The van der Waals surface area contributed by atoms with Crippen LogP contribution in [-0.4, -0.2) is 40.2 Å². The summed E-state index contributed by atoms with van der Waals surface area (Å²) in [6.45, 7) is 3.57. The highest BCUT2D eigenvalue weighted by atomic mass is 16.3. The highest BCUT2D eigenvalue weighted by Gasteiger charge is 2.26. The van der Waals surface area contributed by atoms with Gasteiger partial charge in [0.15, 0.2) is 0 Å². The molecule has 126 valence electrons. The number of β-amino-alcohol motifs (C(OH)–C–C–N with tert-alkyl or cyclic N) is 1. The predicted octanol–water partition coefficient (Wildman–Crippen LogP) is 2.66. The number of hydrogen-bond acceptors (Lipinski definition) is 3. The Morgan fingerprint density at radius 2 is 2.21 bits per heavy atom. The van der Waals surface area contributed by atoms with Gasteiger partial charge >= 0.3 is 6.03 Å². The first-order chi connectivity index (χ1) is 11.6. The normalized spacial score (nSPS) is 20.7. The summed E-state index contributed by atoms with van der Waals surface area (Å²) in [6.07, 6.45) is 2.17. The first-order valence-electron chi connectivity index (χ1n) is 8.34. The third kappa shape index (κ3) is 3.92. The van der Waals surface area contributed by atoms with Gasteiger partial charge in [-0.05, 0) is 36.1 Å². The number of aromatic nitrogens is 1. The van der Waals surface area contributed by atoms with E-state index in [1.807, 2.05) is 49.4 Å². The summed E-state index contributed by atoms with van der Waals surface area (Å²) in [5.41, 5.74) is 2.97. The molecule has 0 spiro atoms. The second kappa shape index (κ2) is 7.45. The fraction of sp³-hybridized carbons (Fsp3) is 0.368. The number of hydrogen-bond donors (Lipinski definition) is 2. The number of aliphatic hydroxyl groups excluding tert-OH is 1. The molecular weight excluding hydrogens is 302 g/mol. The zero-order valence-corrected chi connectivity index (χ0v) is 13.9. The zero-order valence-electron chi connectivity index (χ0n) is 13.9. The van der Waals surface area contributed by atoms with Crippen molar-refractivity contribution in [2.24, 2.45) is 5.92 Å². The van der Waals surface area contributed by atoms with Crippen molar-refractivity contribution in [2.45, 2.75) is 26.0 Å². The minimum atomic E-state index is -0.433. The molecule has 1 aromatic carbocycles. The van der Waals surface area contributed by atoms with E-state index in [-0.39, 0.29) is 11.9 Å². The van der Waals surface area contributed by atoms with Gasteiger partial charge in [0, 0.05) is 31.4 Å². The molecule has 1 aliphatic rings. The van der Waals surface area contributed by atoms with E-state index in [1.54, 1.807) is 11.1 Å². The van der Waals surface area contributed by atoms with Crippen LogP contribution in [0.3, 0.4) is 0 Å². The molecular formula is C19H23N3O2. The predicted molar refractivity (Wildman–Crippen MR) is 93.3 cm³/mol. The van der Waals surface area contributed by atoms with Crippen LogP contribution < -0.4 is 5.32 Å². The lowest BCUT2D eigenvalue weighted by atomic mass is 9.96. The molecule has 2 N–H and O–H groups in total. The number of benzene rings is 1. The van der Waals surface area contributed by atoms with Gasteiger partial charge in [0.05, 0.1) is 11.8 Å². The molecule has 1 fully saturated rings. The van der Waals surface area contributed by atoms with E-state index < -0.39 is 6.10 Å². The Morgan fingerprint density at radius 3 is 2.96 bits per heavy atom. The number of amides is 2. The quantitative estimate of drug-likeness (QED) is 0.912. The van der Waals surface area contributed by atoms with Crippen LogP contribution in [0.25, 0.3) is 11.3 Å². The average molecular weight is 325 g/mol. The minimum absolute atomic E-state index is 0.121. The van der Waals surface area contributed by atoms with Crippen molar-refractivity contribution in [3.63, 3.8) is 0 Å². The van der Waals surface area contributed by atoms with Gasteiger partial charge in [0.1, 0.15) is 0 Å². The smallest absolute Gasteiger partial charge is 0.317 e. The Morgan fingerprint density at radius 1 is 1.33 bits per heavy atom. The molecule has 2 heterocycles. The van der Waals surface area contributed by atoms with E-state index in [4.69, 9.17) is 0 Å². The number of nitrogens with zero attached hydrogens (tertiary/aromatic N) is 2. The minimum Gasteiger partial charge on any atom is -0.391 e. The van der Waals surface area contributed by atoms with E-state index in [2.05, 4.69) is 10.3 Å². The summed E-state index contributed by atoms with van der Waals surface area (Å²) in [7, 11) is 0. The van der Waals surface area contributed by atoms with E-state index >= 15 is 0 Å². The number of urea groups is 1. The molecule has 5 heteroatoms. The SMILES string of the molecule is CC1CCN(C(=O)NCc2cccc(-c3ccccn3)c2)CC1O. The van der Waals surface area contributed by atoms with Gasteiger partial charge < -0.3 is 15.3 Å². The molecule has 5 nitrogen and oxygen atoms in total. The van der Waals surface area contributed by atoms with Crippen LogP contribution in [0.5, 0.6) is 0 Å². The number of likely N-dealkylation sites (tertiary alicyclic amines) is 1. The monoisotopic (exact) mass is 325 g/mol. The fourth-order valence-electron chi connectivity index (χ4n) is 2.90. The first kappa shape index (κ1) is 16.5. The largest absolute Gasteiger partial charge is 0.391 e. The van der Waals surface area contributed by atoms with E-state index in [1.165, 1.54) is 0 Å².